The standard InChI is InChI=1S/C19H16ClFN2O2S/c1-11-8-12(4-7-17(11)26-3)14-10-22-23(19(24)18(14)25-2)13-5-6-16(21)15(20)9-13/h4-10H,1-3H3. The molecule has 3 aromatic rings. The molecule has 0 unspecified atom stereocenters. The van der Waals surface area contributed by atoms with Crippen molar-refractivity contribution < 1.29 is 9.13 Å². The number of aromatic nitrogens is 2. The molecule has 2 aromatic carbocycles. The highest BCUT2D eigenvalue weighted by Gasteiger charge is 2.16. The number of aryl methyl sites for hydroxylation is 1. The second-order valence-corrected chi connectivity index (χ2v) is 6.85. The summed E-state index contributed by atoms with van der Waals surface area (Å²) in [5.74, 6) is -0.395. The SMILES string of the molecule is COc1c(-c2ccc(SC)c(C)c2)cnn(-c2ccc(F)c(Cl)c2)c1=O. The average Bonchev–Trinajstić information content (AvgIpc) is 2.63. The lowest BCUT2D eigenvalue weighted by Gasteiger charge is -2.13. The number of thioether (sulfide) groups is 1. The first-order valence-electron chi connectivity index (χ1n) is 7.73. The Morgan fingerprint density at radius 1 is 1.23 bits per heavy atom. The summed E-state index contributed by atoms with van der Waals surface area (Å²) in [6, 6.07) is 9.89. The monoisotopic (exact) mass is 390 g/mol. The Morgan fingerprint density at radius 2 is 2.00 bits per heavy atom. The van der Waals surface area contributed by atoms with Gasteiger partial charge in [0.05, 0.1) is 24.0 Å². The van der Waals surface area contributed by atoms with Gasteiger partial charge >= 0.3 is 5.56 Å². The van der Waals surface area contributed by atoms with Crippen molar-refractivity contribution in [2.45, 2.75) is 11.8 Å². The van der Waals surface area contributed by atoms with Gasteiger partial charge in [0.2, 0.25) is 0 Å². The highest BCUT2D eigenvalue weighted by Crippen LogP contribution is 2.30. The van der Waals surface area contributed by atoms with Crippen LogP contribution in [0.5, 0.6) is 5.75 Å². The van der Waals surface area contributed by atoms with Crippen molar-refractivity contribution >= 4 is 23.4 Å². The summed E-state index contributed by atoms with van der Waals surface area (Å²) in [6.45, 7) is 2.01. The van der Waals surface area contributed by atoms with Crippen molar-refractivity contribution in [2.24, 2.45) is 0 Å². The lowest BCUT2D eigenvalue weighted by atomic mass is 10.0. The molecule has 26 heavy (non-hydrogen) atoms. The maximum atomic E-state index is 13.4. The van der Waals surface area contributed by atoms with E-state index in [0.29, 0.717) is 11.3 Å². The molecule has 1 aromatic heterocycles. The molecule has 0 aliphatic carbocycles. The van der Waals surface area contributed by atoms with Crippen molar-refractivity contribution in [3.8, 4) is 22.6 Å². The number of rotatable bonds is 4. The maximum Gasteiger partial charge on any atom is 0.314 e. The number of hydrogen-bond acceptors (Lipinski definition) is 4. The lowest BCUT2D eigenvalue weighted by Crippen LogP contribution is -2.23. The van der Waals surface area contributed by atoms with Crippen LogP contribution in [0.3, 0.4) is 0 Å². The minimum atomic E-state index is -0.559. The molecule has 0 N–H and O–H groups in total. The third-order valence-electron chi connectivity index (χ3n) is 3.99. The van der Waals surface area contributed by atoms with E-state index in [1.807, 2.05) is 31.4 Å². The fourth-order valence-electron chi connectivity index (χ4n) is 2.69. The van der Waals surface area contributed by atoms with Crippen molar-refractivity contribution in [1.29, 1.82) is 0 Å². The topological polar surface area (TPSA) is 44.1 Å². The predicted octanol–water partition coefficient (Wildman–Crippen LogP) is 4.73. The van der Waals surface area contributed by atoms with Crippen molar-refractivity contribution in [3.05, 3.63) is 69.4 Å². The van der Waals surface area contributed by atoms with Crippen molar-refractivity contribution in [2.75, 3.05) is 13.4 Å². The number of hydrogen-bond donors (Lipinski definition) is 0. The predicted molar refractivity (Wildman–Crippen MR) is 103 cm³/mol. The Bertz CT molecular complexity index is 1040. The summed E-state index contributed by atoms with van der Waals surface area (Å²) >= 11 is 7.47. The summed E-state index contributed by atoms with van der Waals surface area (Å²) in [5, 5.41) is 4.13. The Balaban J connectivity index is 2.15. The molecule has 3 rings (SSSR count). The van der Waals surface area contributed by atoms with Gasteiger partial charge in [-0.2, -0.15) is 9.78 Å². The van der Waals surface area contributed by atoms with Crippen LogP contribution in [0, 0.1) is 12.7 Å². The van der Waals surface area contributed by atoms with Crippen LogP contribution in [-0.2, 0) is 0 Å². The Kier molecular flexibility index (Phi) is 5.34. The molecule has 0 saturated carbocycles. The van der Waals surface area contributed by atoms with Gasteiger partial charge in [-0.05, 0) is 48.6 Å². The molecule has 134 valence electrons. The smallest absolute Gasteiger partial charge is 0.314 e. The molecule has 0 aliphatic heterocycles. The molecule has 0 fully saturated rings. The van der Waals surface area contributed by atoms with E-state index >= 15 is 0 Å². The molecule has 0 spiro atoms. The molecule has 1 heterocycles. The fourth-order valence-corrected chi connectivity index (χ4v) is 3.45. The van der Waals surface area contributed by atoms with E-state index in [4.69, 9.17) is 16.3 Å². The first-order valence-corrected chi connectivity index (χ1v) is 9.33. The van der Waals surface area contributed by atoms with Crippen molar-refractivity contribution in [1.82, 2.24) is 9.78 Å². The van der Waals surface area contributed by atoms with Crippen LogP contribution in [0.2, 0.25) is 5.02 Å². The normalized spacial score (nSPS) is 10.8. The summed E-state index contributed by atoms with van der Waals surface area (Å²) < 4.78 is 19.9. The van der Waals surface area contributed by atoms with Gasteiger partial charge in [0.25, 0.3) is 0 Å². The molecule has 0 aliphatic rings. The summed E-state index contributed by atoms with van der Waals surface area (Å²) in [7, 11) is 1.44. The summed E-state index contributed by atoms with van der Waals surface area (Å²) in [6.07, 6.45) is 3.57. The second-order valence-electron chi connectivity index (χ2n) is 5.59. The fraction of sp³-hybridized carbons (Fsp3) is 0.158. The highest BCUT2D eigenvalue weighted by molar-refractivity contribution is 7.98. The van der Waals surface area contributed by atoms with Gasteiger partial charge in [0, 0.05) is 10.5 Å². The molecule has 7 heteroatoms. The summed E-state index contributed by atoms with van der Waals surface area (Å²) in [5.41, 5.74) is 2.45. The molecule has 0 radical (unpaired) electrons. The second kappa shape index (κ2) is 7.51. The quantitative estimate of drug-likeness (QED) is 0.604. The van der Waals surface area contributed by atoms with Crippen molar-refractivity contribution in [3.63, 3.8) is 0 Å². The van der Waals surface area contributed by atoms with Gasteiger partial charge in [-0.1, -0.05) is 23.7 Å². The first-order chi connectivity index (χ1) is 12.5. The van der Waals surface area contributed by atoms with Gasteiger partial charge in [0.15, 0.2) is 5.75 Å². The molecular formula is C19H16ClFN2O2S. The molecule has 0 bridgehead atoms. The number of nitrogens with zero attached hydrogens (tertiary/aromatic N) is 2. The van der Waals surface area contributed by atoms with Crippen LogP contribution in [0.4, 0.5) is 4.39 Å². The molecular weight excluding hydrogens is 375 g/mol. The first kappa shape index (κ1) is 18.5. The summed E-state index contributed by atoms with van der Waals surface area (Å²) in [4.78, 5) is 14.0. The molecule has 0 amide bonds. The van der Waals surface area contributed by atoms with Crippen LogP contribution in [-0.4, -0.2) is 23.1 Å². The van der Waals surface area contributed by atoms with Gasteiger partial charge in [-0.15, -0.1) is 11.8 Å². The van der Waals surface area contributed by atoms with E-state index in [1.165, 1.54) is 25.3 Å². The largest absolute Gasteiger partial charge is 0.491 e. The zero-order chi connectivity index (χ0) is 18.8. The Morgan fingerprint density at radius 3 is 2.62 bits per heavy atom. The van der Waals surface area contributed by atoms with E-state index in [0.717, 1.165) is 20.7 Å². The average molecular weight is 391 g/mol. The van der Waals surface area contributed by atoms with Crippen LogP contribution < -0.4 is 10.3 Å². The van der Waals surface area contributed by atoms with Gasteiger partial charge < -0.3 is 4.74 Å². The van der Waals surface area contributed by atoms with E-state index < -0.39 is 11.4 Å². The molecule has 0 saturated heterocycles. The van der Waals surface area contributed by atoms with Crippen LogP contribution in [0.1, 0.15) is 5.56 Å². The van der Waals surface area contributed by atoms with Crippen LogP contribution in [0.25, 0.3) is 16.8 Å². The zero-order valence-corrected chi connectivity index (χ0v) is 16.0. The maximum absolute atomic E-state index is 13.4. The Labute approximate surface area is 159 Å². The minimum Gasteiger partial charge on any atom is -0.491 e. The van der Waals surface area contributed by atoms with E-state index in [-0.39, 0.29) is 10.8 Å². The lowest BCUT2D eigenvalue weighted by molar-refractivity contribution is 0.405. The highest BCUT2D eigenvalue weighted by atomic mass is 35.5. The number of benzene rings is 2. The van der Waals surface area contributed by atoms with E-state index in [2.05, 4.69) is 5.10 Å². The van der Waals surface area contributed by atoms with Crippen LogP contribution >= 0.6 is 23.4 Å². The van der Waals surface area contributed by atoms with Gasteiger partial charge in [0.1, 0.15) is 5.82 Å². The third-order valence-corrected chi connectivity index (χ3v) is 5.18. The number of ether oxygens (including phenoxy) is 1. The number of methoxy groups -OCH3 is 1. The van der Waals surface area contributed by atoms with Crippen LogP contribution in [0.15, 0.2) is 52.3 Å². The minimum absolute atomic E-state index is 0.0810. The van der Waals surface area contributed by atoms with E-state index in [9.17, 15) is 9.18 Å². The number of halogens is 2. The van der Waals surface area contributed by atoms with E-state index in [1.54, 1.807) is 18.0 Å². The molecule has 0 atom stereocenters. The molecule has 4 nitrogen and oxygen atoms in total. The third kappa shape index (κ3) is 3.34. The van der Waals surface area contributed by atoms with Gasteiger partial charge in [-0.3, -0.25) is 4.79 Å². The van der Waals surface area contributed by atoms with Gasteiger partial charge in [-0.25, -0.2) is 4.39 Å². The Hall–Kier alpha value is -2.31. The zero-order valence-electron chi connectivity index (χ0n) is 14.4.